The SMILES string of the molecule is C=CCCC(C)(O)c1ccccc1OC(F)(F)F. The Morgan fingerprint density at radius 2 is 1.94 bits per heavy atom. The molecule has 0 saturated carbocycles. The average Bonchev–Trinajstić information content (AvgIpc) is 2.25. The maximum Gasteiger partial charge on any atom is 0.573 e. The molecule has 0 saturated heterocycles. The third kappa shape index (κ3) is 4.07. The van der Waals surface area contributed by atoms with Crippen LogP contribution in [0.2, 0.25) is 0 Å². The molecule has 0 amide bonds. The van der Waals surface area contributed by atoms with Gasteiger partial charge in [-0.3, -0.25) is 0 Å². The fraction of sp³-hybridized carbons (Fsp3) is 0.385. The van der Waals surface area contributed by atoms with Gasteiger partial charge < -0.3 is 9.84 Å². The van der Waals surface area contributed by atoms with E-state index in [1.165, 1.54) is 25.1 Å². The van der Waals surface area contributed by atoms with Crippen LogP contribution in [0, 0.1) is 0 Å². The summed E-state index contributed by atoms with van der Waals surface area (Å²) in [4.78, 5) is 0. The first kappa shape index (κ1) is 14.6. The van der Waals surface area contributed by atoms with Gasteiger partial charge >= 0.3 is 6.36 Å². The molecule has 0 spiro atoms. The van der Waals surface area contributed by atoms with Crippen LogP contribution in [0.25, 0.3) is 0 Å². The molecule has 0 aromatic heterocycles. The molecule has 1 atom stereocenters. The Labute approximate surface area is 104 Å². The number of ether oxygens (including phenoxy) is 1. The second-order valence-electron chi connectivity index (χ2n) is 4.15. The van der Waals surface area contributed by atoms with Gasteiger partial charge in [-0.05, 0) is 25.8 Å². The van der Waals surface area contributed by atoms with Crippen LogP contribution in [-0.2, 0) is 5.60 Å². The van der Waals surface area contributed by atoms with E-state index in [1.54, 1.807) is 12.1 Å². The number of hydrogen-bond acceptors (Lipinski definition) is 2. The summed E-state index contributed by atoms with van der Waals surface area (Å²) >= 11 is 0. The summed E-state index contributed by atoms with van der Waals surface area (Å²) in [5.74, 6) is -0.376. The molecule has 1 N–H and O–H groups in total. The fourth-order valence-electron chi connectivity index (χ4n) is 1.64. The number of aliphatic hydroxyl groups is 1. The van der Waals surface area contributed by atoms with Gasteiger partial charge in [0.05, 0.1) is 5.60 Å². The minimum atomic E-state index is -4.77. The van der Waals surface area contributed by atoms with Crippen molar-refractivity contribution in [2.24, 2.45) is 0 Å². The van der Waals surface area contributed by atoms with E-state index >= 15 is 0 Å². The van der Waals surface area contributed by atoms with Gasteiger partial charge in [-0.1, -0.05) is 24.3 Å². The van der Waals surface area contributed by atoms with Crippen LogP contribution < -0.4 is 4.74 Å². The van der Waals surface area contributed by atoms with Crippen molar-refractivity contribution in [2.45, 2.75) is 31.7 Å². The molecule has 5 heteroatoms. The third-order valence-corrected chi connectivity index (χ3v) is 2.53. The van der Waals surface area contributed by atoms with Crippen LogP contribution in [0.4, 0.5) is 13.2 Å². The van der Waals surface area contributed by atoms with Crippen molar-refractivity contribution >= 4 is 0 Å². The maximum atomic E-state index is 12.2. The lowest BCUT2D eigenvalue weighted by molar-refractivity contribution is -0.275. The molecule has 1 aromatic rings. The Balaban J connectivity index is 3.04. The summed E-state index contributed by atoms with van der Waals surface area (Å²) < 4.78 is 40.6. The molecule has 18 heavy (non-hydrogen) atoms. The largest absolute Gasteiger partial charge is 0.573 e. The van der Waals surface area contributed by atoms with Crippen molar-refractivity contribution in [1.82, 2.24) is 0 Å². The van der Waals surface area contributed by atoms with Gasteiger partial charge in [-0.25, -0.2) is 0 Å². The number of para-hydroxylation sites is 1. The molecule has 0 aliphatic heterocycles. The van der Waals surface area contributed by atoms with E-state index < -0.39 is 12.0 Å². The number of hydrogen-bond donors (Lipinski definition) is 1. The number of alkyl halides is 3. The van der Waals surface area contributed by atoms with Gasteiger partial charge in [0.25, 0.3) is 0 Å². The smallest absolute Gasteiger partial charge is 0.405 e. The Kier molecular flexibility index (Phi) is 4.40. The van der Waals surface area contributed by atoms with E-state index in [2.05, 4.69) is 11.3 Å². The van der Waals surface area contributed by atoms with Gasteiger partial charge in [0.2, 0.25) is 0 Å². The Bertz CT molecular complexity index is 411. The number of rotatable bonds is 5. The summed E-state index contributed by atoms with van der Waals surface area (Å²) in [7, 11) is 0. The zero-order valence-electron chi connectivity index (χ0n) is 10.00. The summed E-state index contributed by atoms with van der Waals surface area (Å²) in [6, 6.07) is 5.59. The topological polar surface area (TPSA) is 29.5 Å². The maximum absolute atomic E-state index is 12.2. The lowest BCUT2D eigenvalue weighted by Gasteiger charge is -2.26. The van der Waals surface area contributed by atoms with E-state index in [-0.39, 0.29) is 17.7 Å². The monoisotopic (exact) mass is 260 g/mol. The minimum absolute atomic E-state index is 0.115. The van der Waals surface area contributed by atoms with Gasteiger partial charge in [0.1, 0.15) is 5.75 Å². The lowest BCUT2D eigenvalue weighted by Crippen LogP contribution is -2.25. The van der Waals surface area contributed by atoms with Crippen LogP contribution in [0.1, 0.15) is 25.3 Å². The van der Waals surface area contributed by atoms with Gasteiger partial charge in [0, 0.05) is 5.56 Å². The molecular formula is C13H15F3O2. The molecule has 0 bridgehead atoms. The summed E-state index contributed by atoms with van der Waals surface area (Å²) in [5, 5.41) is 10.2. The first-order valence-electron chi connectivity index (χ1n) is 5.45. The van der Waals surface area contributed by atoms with E-state index in [0.717, 1.165) is 0 Å². The van der Waals surface area contributed by atoms with Gasteiger partial charge in [0.15, 0.2) is 0 Å². The third-order valence-electron chi connectivity index (χ3n) is 2.53. The van der Waals surface area contributed by atoms with Crippen molar-refractivity contribution in [3.63, 3.8) is 0 Å². The van der Waals surface area contributed by atoms with Gasteiger partial charge in [-0.15, -0.1) is 19.8 Å². The Morgan fingerprint density at radius 1 is 1.33 bits per heavy atom. The van der Waals surface area contributed by atoms with Crippen molar-refractivity contribution in [3.05, 3.63) is 42.5 Å². The Morgan fingerprint density at radius 3 is 2.50 bits per heavy atom. The van der Waals surface area contributed by atoms with E-state index in [4.69, 9.17) is 0 Å². The Hall–Kier alpha value is -1.49. The van der Waals surface area contributed by atoms with Crippen LogP contribution in [0.15, 0.2) is 36.9 Å². The number of allylic oxidation sites excluding steroid dienone is 1. The molecule has 0 aliphatic carbocycles. The molecule has 1 unspecified atom stereocenters. The molecule has 0 heterocycles. The fourth-order valence-corrected chi connectivity index (χ4v) is 1.64. The van der Waals surface area contributed by atoms with E-state index in [9.17, 15) is 18.3 Å². The quantitative estimate of drug-likeness (QED) is 0.817. The second kappa shape index (κ2) is 5.44. The highest BCUT2D eigenvalue weighted by molar-refractivity contribution is 5.37. The van der Waals surface area contributed by atoms with Crippen LogP contribution in [0.5, 0.6) is 5.75 Å². The van der Waals surface area contributed by atoms with Crippen LogP contribution in [0.3, 0.4) is 0 Å². The number of benzene rings is 1. The van der Waals surface area contributed by atoms with E-state index in [0.29, 0.717) is 6.42 Å². The lowest BCUT2D eigenvalue weighted by atomic mass is 9.90. The van der Waals surface area contributed by atoms with Crippen molar-refractivity contribution < 1.29 is 23.0 Å². The van der Waals surface area contributed by atoms with Crippen LogP contribution in [-0.4, -0.2) is 11.5 Å². The standard InChI is InChI=1S/C13H15F3O2/c1-3-4-9-12(2,17)10-7-5-6-8-11(10)18-13(14,15)16/h3,5-8,17H,1,4,9H2,2H3. The molecule has 1 aromatic carbocycles. The molecule has 100 valence electrons. The number of halogens is 3. The highest BCUT2D eigenvalue weighted by atomic mass is 19.4. The van der Waals surface area contributed by atoms with E-state index in [1.807, 2.05) is 0 Å². The summed E-state index contributed by atoms with van der Waals surface area (Å²) in [6.07, 6.45) is -2.41. The first-order valence-corrected chi connectivity index (χ1v) is 5.45. The molecule has 2 nitrogen and oxygen atoms in total. The van der Waals surface area contributed by atoms with Crippen LogP contribution >= 0.6 is 0 Å². The zero-order chi connectivity index (χ0) is 13.8. The predicted octanol–water partition coefficient (Wildman–Crippen LogP) is 3.76. The minimum Gasteiger partial charge on any atom is -0.405 e. The first-order chi connectivity index (χ1) is 8.26. The second-order valence-corrected chi connectivity index (χ2v) is 4.15. The highest BCUT2D eigenvalue weighted by Gasteiger charge is 2.34. The van der Waals surface area contributed by atoms with Crippen molar-refractivity contribution in [1.29, 1.82) is 0 Å². The molecule has 0 radical (unpaired) electrons. The summed E-state index contributed by atoms with van der Waals surface area (Å²) in [6.45, 7) is 4.97. The molecule has 0 aliphatic rings. The normalized spacial score (nSPS) is 14.9. The zero-order valence-corrected chi connectivity index (χ0v) is 10.00. The van der Waals surface area contributed by atoms with Gasteiger partial charge in [-0.2, -0.15) is 0 Å². The van der Waals surface area contributed by atoms with Crippen molar-refractivity contribution in [2.75, 3.05) is 0 Å². The highest BCUT2D eigenvalue weighted by Crippen LogP contribution is 2.35. The summed E-state index contributed by atoms with van der Waals surface area (Å²) in [5.41, 5.74) is -1.28. The predicted molar refractivity (Wildman–Crippen MR) is 62.1 cm³/mol. The average molecular weight is 260 g/mol. The van der Waals surface area contributed by atoms with Crippen molar-refractivity contribution in [3.8, 4) is 5.75 Å². The molecular weight excluding hydrogens is 245 g/mol. The molecule has 0 fully saturated rings. The molecule has 1 rings (SSSR count).